The van der Waals surface area contributed by atoms with Gasteiger partial charge >= 0.3 is 0 Å². The molecule has 0 bridgehead atoms. The van der Waals surface area contributed by atoms with Crippen LogP contribution in [-0.2, 0) is 0 Å². The van der Waals surface area contributed by atoms with Crippen LogP contribution in [0.15, 0.2) is 34.9 Å². The molecule has 0 aliphatic heterocycles. The zero-order valence-electron chi connectivity index (χ0n) is 10.2. The molecule has 1 saturated carbocycles. The molecule has 3 nitrogen and oxygen atoms in total. The molecule has 1 heterocycles. The second kappa shape index (κ2) is 4.69. The van der Waals surface area contributed by atoms with Crippen molar-refractivity contribution < 1.29 is 0 Å². The van der Waals surface area contributed by atoms with E-state index < -0.39 is 0 Å². The Hall–Kier alpha value is -1.42. The minimum Gasteiger partial charge on any atom is -0.324 e. The highest BCUT2D eigenvalue weighted by Crippen LogP contribution is 2.42. The quantitative estimate of drug-likeness (QED) is 0.925. The van der Waals surface area contributed by atoms with E-state index in [1.807, 2.05) is 13.0 Å². The van der Waals surface area contributed by atoms with Crippen LogP contribution in [0.3, 0.4) is 0 Å². The molecule has 3 rings (SSSR count). The molecule has 1 fully saturated rings. The zero-order chi connectivity index (χ0) is 12.5. The monoisotopic (exact) mass is 303 g/mol. The standard InChI is InChI=1S/C14H14BrN3/c1-9-4-5-16-14(17-9)18-13-7-11(10-2-3-10)6-12(15)8-13/h4-8,10H,2-3H2,1H3,(H,16,17,18). The lowest BCUT2D eigenvalue weighted by Gasteiger charge is -2.08. The van der Waals surface area contributed by atoms with Crippen LogP contribution in [0.1, 0.15) is 30.0 Å². The highest BCUT2D eigenvalue weighted by Gasteiger charge is 2.24. The van der Waals surface area contributed by atoms with Crippen molar-refractivity contribution in [3.05, 3.63) is 46.2 Å². The smallest absolute Gasteiger partial charge is 0.227 e. The molecule has 1 aromatic heterocycles. The summed E-state index contributed by atoms with van der Waals surface area (Å²) in [6, 6.07) is 8.33. The Kier molecular flexibility index (Phi) is 3.04. The number of aryl methyl sites for hydroxylation is 1. The molecular weight excluding hydrogens is 290 g/mol. The first kappa shape index (κ1) is 11.7. The van der Waals surface area contributed by atoms with Crippen molar-refractivity contribution in [3.63, 3.8) is 0 Å². The number of rotatable bonds is 3. The number of benzene rings is 1. The van der Waals surface area contributed by atoms with Crippen LogP contribution < -0.4 is 5.32 Å². The average molecular weight is 304 g/mol. The van der Waals surface area contributed by atoms with Gasteiger partial charge in [-0.25, -0.2) is 9.97 Å². The van der Waals surface area contributed by atoms with Gasteiger partial charge in [0.25, 0.3) is 0 Å². The molecule has 0 atom stereocenters. The van der Waals surface area contributed by atoms with Gasteiger partial charge in [0.15, 0.2) is 0 Å². The Balaban J connectivity index is 1.87. The maximum Gasteiger partial charge on any atom is 0.227 e. The molecule has 4 heteroatoms. The van der Waals surface area contributed by atoms with Gasteiger partial charge in [-0.05, 0) is 55.5 Å². The van der Waals surface area contributed by atoms with Gasteiger partial charge in [-0.3, -0.25) is 0 Å². The summed E-state index contributed by atoms with van der Waals surface area (Å²) in [7, 11) is 0. The first-order valence-electron chi connectivity index (χ1n) is 6.08. The molecule has 0 spiro atoms. The maximum atomic E-state index is 4.35. The fourth-order valence-corrected chi connectivity index (χ4v) is 2.49. The molecule has 1 N–H and O–H groups in total. The first-order valence-corrected chi connectivity index (χ1v) is 6.87. The summed E-state index contributed by atoms with van der Waals surface area (Å²) >= 11 is 3.56. The highest BCUT2D eigenvalue weighted by molar-refractivity contribution is 9.10. The van der Waals surface area contributed by atoms with Crippen molar-refractivity contribution in [2.45, 2.75) is 25.7 Å². The Morgan fingerprint density at radius 3 is 2.83 bits per heavy atom. The Morgan fingerprint density at radius 1 is 1.28 bits per heavy atom. The SMILES string of the molecule is Cc1ccnc(Nc2cc(Br)cc(C3CC3)c2)n1. The van der Waals surface area contributed by atoms with Crippen molar-refractivity contribution in [2.24, 2.45) is 0 Å². The lowest BCUT2D eigenvalue weighted by molar-refractivity contribution is 1.10. The molecule has 0 amide bonds. The van der Waals surface area contributed by atoms with Crippen LogP contribution in [0, 0.1) is 6.92 Å². The van der Waals surface area contributed by atoms with Crippen molar-refractivity contribution in [2.75, 3.05) is 5.32 Å². The van der Waals surface area contributed by atoms with E-state index in [2.05, 4.69) is 49.4 Å². The maximum absolute atomic E-state index is 4.35. The average Bonchev–Trinajstić information content (AvgIpc) is 3.11. The summed E-state index contributed by atoms with van der Waals surface area (Å²) in [4.78, 5) is 8.57. The predicted octanol–water partition coefficient (Wildman–Crippen LogP) is 4.17. The molecule has 18 heavy (non-hydrogen) atoms. The number of nitrogens with zero attached hydrogens (tertiary/aromatic N) is 2. The van der Waals surface area contributed by atoms with Crippen LogP contribution in [0.25, 0.3) is 0 Å². The van der Waals surface area contributed by atoms with Crippen molar-refractivity contribution in [1.29, 1.82) is 0 Å². The van der Waals surface area contributed by atoms with E-state index in [0.717, 1.165) is 21.8 Å². The van der Waals surface area contributed by atoms with E-state index in [-0.39, 0.29) is 0 Å². The largest absolute Gasteiger partial charge is 0.324 e. The normalized spacial score (nSPS) is 14.6. The first-order chi connectivity index (χ1) is 8.70. The minimum atomic E-state index is 0.648. The van der Waals surface area contributed by atoms with Gasteiger partial charge in [0.05, 0.1) is 0 Å². The van der Waals surface area contributed by atoms with Crippen molar-refractivity contribution in [1.82, 2.24) is 9.97 Å². The van der Waals surface area contributed by atoms with Gasteiger partial charge < -0.3 is 5.32 Å². The minimum absolute atomic E-state index is 0.648. The fourth-order valence-electron chi connectivity index (χ4n) is 1.98. The number of halogens is 1. The molecule has 92 valence electrons. The number of aromatic nitrogens is 2. The molecule has 2 aromatic rings. The van der Waals surface area contributed by atoms with Crippen LogP contribution in [-0.4, -0.2) is 9.97 Å². The number of anilines is 2. The van der Waals surface area contributed by atoms with Crippen LogP contribution in [0.5, 0.6) is 0 Å². The van der Waals surface area contributed by atoms with Crippen molar-refractivity contribution in [3.8, 4) is 0 Å². The molecule has 0 saturated heterocycles. The van der Waals surface area contributed by atoms with E-state index in [4.69, 9.17) is 0 Å². The molecule has 1 aliphatic carbocycles. The molecular formula is C14H14BrN3. The summed E-state index contributed by atoms with van der Waals surface area (Å²) in [5.41, 5.74) is 3.39. The van der Waals surface area contributed by atoms with Gasteiger partial charge in [0, 0.05) is 22.1 Å². The zero-order valence-corrected chi connectivity index (χ0v) is 11.7. The van der Waals surface area contributed by atoms with Gasteiger partial charge in [-0.2, -0.15) is 0 Å². The van der Waals surface area contributed by atoms with E-state index in [1.165, 1.54) is 18.4 Å². The van der Waals surface area contributed by atoms with Crippen LogP contribution in [0.2, 0.25) is 0 Å². The molecule has 1 aromatic carbocycles. The Bertz CT molecular complexity index is 579. The third-order valence-electron chi connectivity index (χ3n) is 3.02. The highest BCUT2D eigenvalue weighted by atomic mass is 79.9. The number of hydrogen-bond acceptors (Lipinski definition) is 3. The third kappa shape index (κ3) is 2.70. The van der Waals surface area contributed by atoms with Gasteiger partial charge in [0.2, 0.25) is 5.95 Å². The van der Waals surface area contributed by atoms with Gasteiger partial charge in [-0.15, -0.1) is 0 Å². The van der Waals surface area contributed by atoms with Crippen LogP contribution in [0.4, 0.5) is 11.6 Å². The van der Waals surface area contributed by atoms with Crippen LogP contribution >= 0.6 is 15.9 Å². The van der Waals surface area contributed by atoms with Gasteiger partial charge in [0.1, 0.15) is 0 Å². The predicted molar refractivity (Wildman–Crippen MR) is 76.2 cm³/mol. The van der Waals surface area contributed by atoms with E-state index in [9.17, 15) is 0 Å². The summed E-state index contributed by atoms with van der Waals surface area (Å²) in [6.45, 7) is 1.96. The Morgan fingerprint density at radius 2 is 2.11 bits per heavy atom. The Labute approximate surface area is 115 Å². The van der Waals surface area contributed by atoms with E-state index in [1.54, 1.807) is 6.20 Å². The lowest BCUT2D eigenvalue weighted by atomic mass is 10.1. The topological polar surface area (TPSA) is 37.8 Å². The fraction of sp³-hybridized carbons (Fsp3) is 0.286. The number of nitrogens with one attached hydrogen (secondary N) is 1. The van der Waals surface area contributed by atoms with Gasteiger partial charge in [-0.1, -0.05) is 15.9 Å². The van der Waals surface area contributed by atoms with Crippen molar-refractivity contribution >= 4 is 27.6 Å². The lowest BCUT2D eigenvalue weighted by Crippen LogP contribution is -1.98. The molecule has 0 unspecified atom stereocenters. The van der Waals surface area contributed by atoms with E-state index >= 15 is 0 Å². The number of hydrogen-bond donors (Lipinski definition) is 1. The summed E-state index contributed by atoms with van der Waals surface area (Å²) in [6.07, 6.45) is 4.37. The summed E-state index contributed by atoms with van der Waals surface area (Å²) in [5.74, 6) is 1.39. The second-order valence-corrected chi connectivity index (χ2v) is 5.61. The third-order valence-corrected chi connectivity index (χ3v) is 3.48. The van der Waals surface area contributed by atoms with E-state index in [0.29, 0.717) is 5.95 Å². The molecule has 0 radical (unpaired) electrons. The summed E-state index contributed by atoms with van der Waals surface area (Å²) < 4.78 is 1.10. The second-order valence-electron chi connectivity index (χ2n) is 4.69. The molecule has 1 aliphatic rings. The summed E-state index contributed by atoms with van der Waals surface area (Å²) in [5, 5.41) is 3.26.